The first-order valence-corrected chi connectivity index (χ1v) is 6.92. The van der Waals surface area contributed by atoms with E-state index in [1.807, 2.05) is 13.8 Å². The highest BCUT2D eigenvalue weighted by atomic mass is 16.2. The average molecular weight is 268 g/mol. The van der Waals surface area contributed by atoms with Crippen molar-refractivity contribution in [2.75, 3.05) is 52.9 Å². The predicted molar refractivity (Wildman–Crippen MR) is 72.7 cm³/mol. The van der Waals surface area contributed by atoms with Crippen molar-refractivity contribution in [1.82, 2.24) is 20.0 Å². The lowest BCUT2D eigenvalue weighted by atomic mass is 9.99. The molecule has 6 nitrogen and oxygen atoms in total. The fraction of sp³-hybridized carbons (Fsp3) is 0.846. The maximum Gasteiger partial charge on any atom is 0.243 e. The van der Waals surface area contributed by atoms with Gasteiger partial charge in [0.05, 0.1) is 12.1 Å². The van der Waals surface area contributed by atoms with Gasteiger partial charge in [-0.1, -0.05) is 0 Å². The largest absolute Gasteiger partial charge is 0.342 e. The SMILES string of the molecule is CN1CCN(C(=O)C(C)(C)N2CCNCC2)CC1=O. The molecule has 2 aliphatic rings. The summed E-state index contributed by atoms with van der Waals surface area (Å²) in [5, 5.41) is 3.29. The molecule has 0 aromatic carbocycles. The number of amides is 2. The maximum absolute atomic E-state index is 12.7. The summed E-state index contributed by atoms with van der Waals surface area (Å²) >= 11 is 0. The summed E-state index contributed by atoms with van der Waals surface area (Å²) in [6.45, 7) is 8.98. The number of hydrogen-bond acceptors (Lipinski definition) is 4. The first kappa shape index (κ1) is 14.3. The molecule has 1 N–H and O–H groups in total. The van der Waals surface area contributed by atoms with Gasteiger partial charge in [0.25, 0.3) is 0 Å². The third-order valence-electron chi connectivity index (χ3n) is 4.18. The van der Waals surface area contributed by atoms with Crippen molar-refractivity contribution in [3.8, 4) is 0 Å². The molecular formula is C13H24N4O2. The number of hydrogen-bond donors (Lipinski definition) is 1. The molecule has 0 aromatic heterocycles. The first-order chi connectivity index (χ1) is 8.93. The van der Waals surface area contributed by atoms with Gasteiger partial charge in [-0.15, -0.1) is 0 Å². The summed E-state index contributed by atoms with van der Waals surface area (Å²) in [5.74, 6) is 0.0894. The van der Waals surface area contributed by atoms with Crippen molar-refractivity contribution in [2.45, 2.75) is 19.4 Å². The molecule has 0 saturated carbocycles. The lowest BCUT2D eigenvalue weighted by Crippen LogP contribution is -2.63. The fourth-order valence-corrected chi connectivity index (χ4v) is 2.68. The van der Waals surface area contributed by atoms with Crippen LogP contribution in [0.2, 0.25) is 0 Å². The van der Waals surface area contributed by atoms with E-state index in [9.17, 15) is 9.59 Å². The minimum absolute atomic E-state index is 0.0238. The van der Waals surface area contributed by atoms with Crippen molar-refractivity contribution < 1.29 is 9.59 Å². The van der Waals surface area contributed by atoms with Crippen LogP contribution < -0.4 is 5.32 Å². The Morgan fingerprint density at radius 2 is 1.79 bits per heavy atom. The van der Waals surface area contributed by atoms with Crippen LogP contribution in [0.3, 0.4) is 0 Å². The normalized spacial score (nSPS) is 22.8. The van der Waals surface area contributed by atoms with Crippen LogP contribution in [0.5, 0.6) is 0 Å². The molecule has 0 unspecified atom stereocenters. The molecule has 6 heteroatoms. The third kappa shape index (κ3) is 2.90. The number of carbonyl (C=O) groups excluding carboxylic acids is 2. The van der Waals surface area contributed by atoms with E-state index in [0.29, 0.717) is 13.1 Å². The molecule has 108 valence electrons. The van der Waals surface area contributed by atoms with E-state index in [1.165, 1.54) is 0 Å². The predicted octanol–water partition coefficient (Wildman–Crippen LogP) is -1.03. The minimum atomic E-state index is -0.529. The number of piperazine rings is 2. The van der Waals surface area contributed by atoms with Crippen molar-refractivity contribution in [1.29, 1.82) is 0 Å². The summed E-state index contributed by atoms with van der Waals surface area (Å²) in [4.78, 5) is 30.0. The fourth-order valence-electron chi connectivity index (χ4n) is 2.68. The quantitative estimate of drug-likeness (QED) is 0.696. The van der Waals surface area contributed by atoms with E-state index in [4.69, 9.17) is 0 Å². The van der Waals surface area contributed by atoms with Crippen LogP contribution >= 0.6 is 0 Å². The van der Waals surface area contributed by atoms with Gasteiger partial charge in [0.1, 0.15) is 0 Å². The smallest absolute Gasteiger partial charge is 0.243 e. The summed E-state index contributed by atoms with van der Waals surface area (Å²) in [5.41, 5.74) is -0.529. The van der Waals surface area contributed by atoms with Crippen molar-refractivity contribution in [3.63, 3.8) is 0 Å². The van der Waals surface area contributed by atoms with E-state index in [0.717, 1.165) is 26.2 Å². The van der Waals surface area contributed by atoms with Crippen LogP contribution in [0.4, 0.5) is 0 Å². The minimum Gasteiger partial charge on any atom is -0.342 e. The second-order valence-electron chi connectivity index (χ2n) is 5.84. The number of nitrogens with one attached hydrogen (secondary N) is 1. The van der Waals surface area contributed by atoms with Crippen molar-refractivity contribution in [3.05, 3.63) is 0 Å². The van der Waals surface area contributed by atoms with Crippen LogP contribution in [0.15, 0.2) is 0 Å². The molecule has 2 fully saturated rings. The van der Waals surface area contributed by atoms with Crippen LogP contribution in [0, 0.1) is 0 Å². The molecule has 2 amide bonds. The van der Waals surface area contributed by atoms with Gasteiger partial charge in [-0.3, -0.25) is 14.5 Å². The molecule has 19 heavy (non-hydrogen) atoms. The van der Waals surface area contributed by atoms with Gasteiger partial charge in [0.2, 0.25) is 11.8 Å². The standard InChI is InChI=1S/C13H24N4O2/c1-13(2,17-6-4-14-5-7-17)12(19)16-9-8-15(3)11(18)10-16/h14H,4-10H2,1-3H3. The Labute approximate surface area is 114 Å². The van der Waals surface area contributed by atoms with E-state index in [2.05, 4.69) is 10.2 Å². The topological polar surface area (TPSA) is 55.9 Å². The number of likely N-dealkylation sites (N-methyl/N-ethyl adjacent to an activating group) is 1. The van der Waals surface area contributed by atoms with Gasteiger partial charge in [-0.2, -0.15) is 0 Å². The Balaban J connectivity index is 2.03. The summed E-state index contributed by atoms with van der Waals surface area (Å²) in [7, 11) is 1.78. The van der Waals surface area contributed by atoms with Crippen LogP contribution in [-0.2, 0) is 9.59 Å². The van der Waals surface area contributed by atoms with Crippen molar-refractivity contribution >= 4 is 11.8 Å². The highest BCUT2D eigenvalue weighted by molar-refractivity contribution is 5.90. The molecule has 0 radical (unpaired) electrons. The summed E-state index contributed by atoms with van der Waals surface area (Å²) in [6.07, 6.45) is 0. The maximum atomic E-state index is 12.7. The molecular weight excluding hydrogens is 244 g/mol. The average Bonchev–Trinajstić information content (AvgIpc) is 2.42. The van der Waals surface area contributed by atoms with Gasteiger partial charge >= 0.3 is 0 Å². The monoisotopic (exact) mass is 268 g/mol. The van der Waals surface area contributed by atoms with Gasteiger partial charge in [-0.05, 0) is 13.8 Å². The first-order valence-electron chi connectivity index (χ1n) is 6.92. The van der Waals surface area contributed by atoms with Gasteiger partial charge in [-0.25, -0.2) is 0 Å². The highest BCUT2D eigenvalue weighted by Crippen LogP contribution is 2.19. The number of nitrogens with zero attached hydrogens (tertiary/aromatic N) is 3. The number of carbonyl (C=O) groups is 2. The van der Waals surface area contributed by atoms with E-state index in [-0.39, 0.29) is 18.4 Å². The Kier molecular flexibility index (Phi) is 4.10. The molecule has 2 saturated heterocycles. The molecule has 0 spiro atoms. The van der Waals surface area contributed by atoms with Crippen LogP contribution in [0.25, 0.3) is 0 Å². The second-order valence-corrected chi connectivity index (χ2v) is 5.84. The third-order valence-corrected chi connectivity index (χ3v) is 4.18. The zero-order valence-corrected chi connectivity index (χ0v) is 12.1. The molecule has 0 atom stereocenters. The van der Waals surface area contributed by atoms with Gasteiger partial charge in [0.15, 0.2) is 0 Å². The lowest BCUT2D eigenvalue weighted by Gasteiger charge is -2.43. The van der Waals surface area contributed by atoms with Crippen LogP contribution in [-0.4, -0.2) is 84.9 Å². The Morgan fingerprint density at radius 3 is 2.37 bits per heavy atom. The molecule has 0 aromatic rings. The lowest BCUT2D eigenvalue weighted by molar-refractivity contribution is -0.151. The van der Waals surface area contributed by atoms with Gasteiger partial charge in [0, 0.05) is 46.3 Å². The van der Waals surface area contributed by atoms with E-state index < -0.39 is 5.54 Å². The zero-order valence-electron chi connectivity index (χ0n) is 12.1. The summed E-state index contributed by atoms with van der Waals surface area (Å²) < 4.78 is 0. The van der Waals surface area contributed by atoms with E-state index in [1.54, 1.807) is 16.8 Å². The second kappa shape index (κ2) is 5.46. The van der Waals surface area contributed by atoms with E-state index >= 15 is 0 Å². The highest BCUT2D eigenvalue weighted by Gasteiger charge is 2.39. The Bertz CT molecular complexity index is 364. The van der Waals surface area contributed by atoms with Crippen molar-refractivity contribution in [2.24, 2.45) is 0 Å². The molecule has 0 aliphatic carbocycles. The van der Waals surface area contributed by atoms with Gasteiger partial charge < -0.3 is 15.1 Å². The summed E-state index contributed by atoms with van der Waals surface area (Å²) in [6, 6.07) is 0. The Morgan fingerprint density at radius 1 is 1.16 bits per heavy atom. The number of rotatable bonds is 2. The van der Waals surface area contributed by atoms with Crippen LogP contribution in [0.1, 0.15) is 13.8 Å². The zero-order chi connectivity index (χ0) is 14.0. The molecule has 0 bridgehead atoms. The molecule has 2 heterocycles. The Hall–Kier alpha value is -1.14. The molecule has 2 rings (SSSR count). The molecule has 2 aliphatic heterocycles.